The van der Waals surface area contributed by atoms with Gasteiger partial charge in [-0.1, -0.05) is 12.1 Å². The van der Waals surface area contributed by atoms with E-state index in [2.05, 4.69) is 15.9 Å². The van der Waals surface area contributed by atoms with E-state index in [0.717, 1.165) is 34.1 Å². The van der Waals surface area contributed by atoms with Gasteiger partial charge in [0.25, 0.3) is 0 Å². The lowest BCUT2D eigenvalue weighted by Gasteiger charge is -2.10. The molecule has 0 fully saturated rings. The van der Waals surface area contributed by atoms with Crippen molar-refractivity contribution in [2.45, 2.75) is 19.8 Å². The van der Waals surface area contributed by atoms with Crippen molar-refractivity contribution in [2.75, 3.05) is 7.11 Å². The molecule has 0 atom stereocenters. The lowest BCUT2D eigenvalue weighted by atomic mass is 10.1. The second-order valence-corrected chi connectivity index (χ2v) is 3.89. The van der Waals surface area contributed by atoms with Crippen LogP contribution in [0, 0.1) is 6.92 Å². The summed E-state index contributed by atoms with van der Waals surface area (Å²) in [6.45, 7) is 1.99. The molecular weight excluding hydrogens is 244 g/mol. The van der Waals surface area contributed by atoms with Crippen LogP contribution in [0.25, 0.3) is 0 Å². The molecule has 76 valence electrons. The predicted molar refractivity (Wildman–Crippen MR) is 59.8 cm³/mol. The zero-order valence-electron chi connectivity index (χ0n) is 8.34. The van der Waals surface area contributed by atoms with E-state index in [1.54, 1.807) is 7.11 Å². The average Bonchev–Trinajstić information content (AvgIpc) is 2.18. The average molecular weight is 257 g/mol. The number of methoxy groups -OCH3 is 1. The summed E-state index contributed by atoms with van der Waals surface area (Å²) in [5, 5.41) is 0. The normalized spacial score (nSPS) is 9.93. The Morgan fingerprint density at radius 3 is 2.79 bits per heavy atom. The van der Waals surface area contributed by atoms with Gasteiger partial charge in [0.1, 0.15) is 12.0 Å². The van der Waals surface area contributed by atoms with Crippen molar-refractivity contribution < 1.29 is 9.53 Å². The summed E-state index contributed by atoms with van der Waals surface area (Å²) in [6.07, 6.45) is 2.23. The number of aryl methyl sites for hydroxylation is 2. The van der Waals surface area contributed by atoms with Gasteiger partial charge >= 0.3 is 0 Å². The third-order valence-corrected chi connectivity index (χ3v) is 2.98. The van der Waals surface area contributed by atoms with E-state index in [4.69, 9.17) is 4.74 Å². The zero-order valence-corrected chi connectivity index (χ0v) is 9.93. The molecule has 0 aliphatic carbocycles. The Labute approximate surface area is 92.4 Å². The van der Waals surface area contributed by atoms with E-state index >= 15 is 0 Å². The molecule has 14 heavy (non-hydrogen) atoms. The Kier molecular flexibility index (Phi) is 4.14. The highest BCUT2D eigenvalue weighted by molar-refractivity contribution is 9.10. The molecule has 0 amide bonds. The van der Waals surface area contributed by atoms with Crippen molar-refractivity contribution in [3.05, 3.63) is 27.7 Å². The highest BCUT2D eigenvalue weighted by Gasteiger charge is 2.08. The van der Waals surface area contributed by atoms with Crippen molar-refractivity contribution in [3.8, 4) is 5.75 Å². The van der Waals surface area contributed by atoms with Gasteiger partial charge in [-0.15, -0.1) is 0 Å². The Bertz CT molecular complexity index is 334. The first-order valence-corrected chi connectivity index (χ1v) is 5.25. The van der Waals surface area contributed by atoms with Gasteiger partial charge in [0.15, 0.2) is 0 Å². The first kappa shape index (κ1) is 11.2. The fourth-order valence-electron chi connectivity index (χ4n) is 1.35. The Balaban J connectivity index is 3.01. The molecule has 0 unspecified atom stereocenters. The Morgan fingerprint density at radius 2 is 2.21 bits per heavy atom. The number of hydrogen-bond donors (Lipinski definition) is 0. The summed E-state index contributed by atoms with van der Waals surface area (Å²) >= 11 is 3.48. The summed E-state index contributed by atoms with van der Waals surface area (Å²) in [7, 11) is 1.65. The number of aldehydes is 1. The van der Waals surface area contributed by atoms with E-state index in [1.165, 1.54) is 0 Å². The molecule has 0 saturated heterocycles. The van der Waals surface area contributed by atoms with Crippen LogP contribution in [-0.2, 0) is 11.2 Å². The van der Waals surface area contributed by atoms with Crippen LogP contribution < -0.4 is 4.74 Å². The second kappa shape index (κ2) is 5.15. The van der Waals surface area contributed by atoms with Crippen LogP contribution in [0.3, 0.4) is 0 Å². The lowest BCUT2D eigenvalue weighted by molar-refractivity contribution is -0.107. The number of hydrogen-bond acceptors (Lipinski definition) is 2. The van der Waals surface area contributed by atoms with Gasteiger partial charge in [-0.05, 0) is 40.4 Å². The monoisotopic (exact) mass is 256 g/mol. The number of halogens is 1. The Morgan fingerprint density at radius 1 is 1.50 bits per heavy atom. The van der Waals surface area contributed by atoms with E-state index in [9.17, 15) is 4.79 Å². The zero-order chi connectivity index (χ0) is 10.6. The number of carbonyl (C=O) groups is 1. The van der Waals surface area contributed by atoms with Crippen LogP contribution >= 0.6 is 15.9 Å². The third-order valence-electron chi connectivity index (χ3n) is 2.11. The highest BCUT2D eigenvalue weighted by Crippen LogP contribution is 2.32. The molecule has 0 spiro atoms. The third kappa shape index (κ3) is 2.35. The van der Waals surface area contributed by atoms with Crippen LogP contribution in [0.2, 0.25) is 0 Å². The van der Waals surface area contributed by atoms with Gasteiger partial charge in [-0.25, -0.2) is 0 Å². The fourth-order valence-corrected chi connectivity index (χ4v) is 2.16. The molecule has 0 N–H and O–H groups in total. The largest absolute Gasteiger partial charge is 0.495 e. The SMILES string of the molecule is COc1c(C)ccc(CCC=O)c1Br. The summed E-state index contributed by atoms with van der Waals surface area (Å²) in [4.78, 5) is 10.3. The second-order valence-electron chi connectivity index (χ2n) is 3.09. The minimum absolute atomic E-state index is 0.546. The van der Waals surface area contributed by atoms with E-state index in [-0.39, 0.29) is 0 Å². The van der Waals surface area contributed by atoms with Gasteiger partial charge in [0.2, 0.25) is 0 Å². The summed E-state index contributed by atoms with van der Waals surface area (Å²) in [5.74, 6) is 0.855. The smallest absolute Gasteiger partial charge is 0.136 e. The van der Waals surface area contributed by atoms with Crippen LogP contribution in [0.5, 0.6) is 5.75 Å². The number of benzene rings is 1. The minimum Gasteiger partial charge on any atom is -0.495 e. The van der Waals surface area contributed by atoms with Crippen LogP contribution in [-0.4, -0.2) is 13.4 Å². The van der Waals surface area contributed by atoms with Crippen LogP contribution in [0.1, 0.15) is 17.5 Å². The molecule has 0 aliphatic heterocycles. The molecule has 1 aromatic carbocycles. The topological polar surface area (TPSA) is 26.3 Å². The molecular formula is C11H13BrO2. The van der Waals surface area contributed by atoms with Gasteiger partial charge in [0, 0.05) is 6.42 Å². The molecule has 1 rings (SSSR count). The molecule has 3 heteroatoms. The van der Waals surface area contributed by atoms with E-state index in [1.807, 2.05) is 19.1 Å². The molecule has 0 aliphatic rings. The molecule has 0 radical (unpaired) electrons. The quantitative estimate of drug-likeness (QED) is 0.775. The van der Waals surface area contributed by atoms with Gasteiger partial charge in [-0.3, -0.25) is 0 Å². The molecule has 0 bridgehead atoms. The van der Waals surface area contributed by atoms with Gasteiger partial charge < -0.3 is 9.53 Å². The standard InChI is InChI=1S/C11H13BrO2/c1-8-5-6-9(4-3-7-13)10(12)11(8)14-2/h5-7H,3-4H2,1-2H3. The number of rotatable bonds is 4. The van der Waals surface area contributed by atoms with Crippen molar-refractivity contribution in [1.82, 2.24) is 0 Å². The van der Waals surface area contributed by atoms with Gasteiger partial charge in [-0.2, -0.15) is 0 Å². The highest BCUT2D eigenvalue weighted by atomic mass is 79.9. The molecule has 2 nitrogen and oxygen atoms in total. The maximum Gasteiger partial charge on any atom is 0.136 e. The molecule has 0 saturated carbocycles. The lowest BCUT2D eigenvalue weighted by Crippen LogP contribution is -1.94. The van der Waals surface area contributed by atoms with Crippen molar-refractivity contribution in [1.29, 1.82) is 0 Å². The summed E-state index contributed by atoms with van der Waals surface area (Å²) in [6, 6.07) is 4.02. The van der Waals surface area contributed by atoms with Gasteiger partial charge in [0.05, 0.1) is 11.6 Å². The number of ether oxygens (including phenoxy) is 1. The maximum atomic E-state index is 10.3. The van der Waals surface area contributed by atoms with E-state index in [0.29, 0.717) is 6.42 Å². The Hall–Kier alpha value is -0.830. The van der Waals surface area contributed by atoms with Crippen LogP contribution in [0.4, 0.5) is 0 Å². The molecule has 1 aromatic rings. The minimum atomic E-state index is 0.546. The molecule has 0 aromatic heterocycles. The van der Waals surface area contributed by atoms with Crippen molar-refractivity contribution in [3.63, 3.8) is 0 Å². The van der Waals surface area contributed by atoms with Crippen molar-refractivity contribution in [2.24, 2.45) is 0 Å². The van der Waals surface area contributed by atoms with Crippen LogP contribution in [0.15, 0.2) is 16.6 Å². The predicted octanol–water partition coefficient (Wildman–Crippen LogP) is 2.90. The summed E-state index contributed by atoms with van der Waals surface area (Å²) in [5.41, 5.74) is 2.20. The first-order chi connectivity index (χ1) is 6.70. The molecule has 0 heterocycles. The van der Waals surface area contributed by atoms with E-state index < -0.39 is 0 Å². The van der Waals surface area contributed by atoms with Crippen molar-refractivity contribution >= 4 is 22.2 Å². The maximum absolute atomic E-state index is 10.3. The number of carbonyl (C=O) groups excluding carboxylic acids is 1. The fraction of sp³-hybridized carbons (Fsp3) is 0.364. The first-order valence-electron chi connectivity index (χ1n) is 4.46. The summed E-state index contributed by atoms with van der Waals surface area (Å²) < 4.78 is 6.22.